The molecule has 0 aromatic carbocycles. The molecular formula is C21H24FN9O9P2S2. The van der Waals surface area contributed by atoms with Crippen LogP contribution in [0.1, 0.15) is 18.1 Å². The Labute approximate surface area is 257 Å². The Morgan fingerprint density at radius 2 is 1.41 bits per heavy atom. The van der Waals surface area contributed by atoms with Crippen molar-refractivity contribution in [2.45, 2.75) is 56.1 Å². The number of nitrogen functional groups attached to an aromatic ring is 1. The lowest BCUT2D eigenvalue weighted by atomic mass is 10.1. The summed E-state index contributed by atoms with van der Waals surface area (Å²) in [5.74, 6) is 0.0662. The molecule has 7 rings (SSSR count). The summed E-state index contributed by atoms with van der Waals surface area (Å²) < 4.78 is 79.4. The van der Waals surface area contributed by atoms with Crippen LogP contribution in [0.2, 0.25) is 0 Å². The number of aliphatic hydroxyl groups excluding tert-OH is 1. The third kappa shape index (κ3) is 5.32. The first-order valence-electron chi connectivity index (χ1n) is 12.9. The highest BCUT2D eigenvalue weighted by atomic mass is 32.7. The van der Waals surface area contributed by atoms with E-state index in [0.717, 1.165) is 0 Å². The number of aliphatic hydroxyl groups is 1. The number of thiol groups is 2. The zero-order valence-electron chi connectivity index (χ0n) is 22.4. The second-order valence-electron chi connectivity index (χ2n) is 10.1. The number of halogens is 1. The standard InChI is InChI=1S/C21H24FN9O9P2S2/c1-8-12-18(26-4-24-8)31(6-28-12)21-14(32)16-10(38-21)3-36-41(33,43)39-15-9(2-35-42(34,44)40-16)37-20(11(15)22)30-7-29-13-17(23)25-5-27-19(13)30/h4-7,9-11,14-16,20-21,32H,2-3H2,1H3,(H,33,43)(H,34,44)(H2,23,25,27)/t9-,10-,11-,14-,15-,16-,20-,21-,41-,42-/m1/s1. The van der Waals surface area contributed by atoms with E-state index in [-0.39, 0.29) is 17.0 Å². The molecule has 44 heavy (non-hydrogen) atoms. The molecule has 3 N–H and O–H groups in total. The maximum atomic E-state index is 16.0. The van der Waals surface area contributed by atoms with Crippen LogP contribution in [-0.4, -0.2) is 94.0 Å². The summed E-state index contributed by atoms with van der Waals surface area (Å²) in [4.78, 5) is 24.7. The fourth-order valence-electron chi connectivity index (χ4n) is 5.31. The summed E-state index contributed by atoms with van der Waals surface area (Å²) in [5.41, 5.74) is 7.62. The van der Waals surface area contributed by atoms with Crippen LogP contribution in [-0.2, 0) is 36.7 Å². The minimum absolute atomic E-state index is 0.0662. The molecule has 0 amide bonds. The molecule has 0 radical (unpaired) electrons. The first-order chi connectivity index (χ1) is 20.9. The predicted molar refractivity (Wildman–Crippen MR) is 153 cm³/mol. The fraction of sp³-hybridized carbons (Fsp3) is 0.524. The second-order valence-corrected chi connectivity index (χ2v) is 15.9. The first-order valence-corrected chi connectivity index (χ1v) is 18.3. The molecule has 236 valence electrons. The average molecular weight is 692 g/mol. The monoisotopic (exact) mass is 691 g/mol. The second kappa shape index (κ2) is 11.2. The normalized spacial score (nSPS) is 38.3. The van der Waals surface area contributed by atoms with Gasteiger partial charge in [0.1, 0.15) is 54.2 Å². The van der Waals surface area contributed by atoms with Crippen molar-refractivity contribution in [3.8, 4) is 0 Å². The Kier molecular flexibility index (Phi) is 7.73. The van der Waals surface area contributed by atoms with Gasteiger partial charge in [-0.1, -0.05) is 24.5 Å². The molecule has 3 aliphatic heterocycles. The van der Waals surface area contributed by atoms with Gasteiger partial charge in [0, 0.05) is 0 Å². The number of aryl methyl sites for hydroxylation is 1. The lowest BCUT2D eigenvalue weighted by Crippen LogP contribution is -2.37. The number of anilines is 1. The van der Waals surface area contributed by atoms with Gasteiger partial charge in [0.05, 0.1) is 31.6 Å². The number of hydrogen-bond acceptors (Lipinski definition) is 16. The summed E-state index contributed by atoms with van der Waals surface area (Å²) >= 11 is 8.10. The highest BCUT2D eigenvalue weighted by Gasteiger charge is 2.54. The number of alkyl halides is 1. The molecule has 7 heterocycles. The fourth-order valence-corrected chi connectivity index (χ4v) is 8.28. The number of fused-ring (bicyclic) bond motifs is 4. The van der Waals surface area contributed by atoms with Crippen molar-refractivity contribution in [2.75, 3.05) is 18.9 Å². The molecule has 0 unspecified atom stereocenters. The van der Waals surface area contributed by atoms with Crippen LogP contribution in [0, 0.1) is 6.92 Å². The maximum Gasteiger partial charge on any atom is 0.386 e. The highest BCUT2D eigenvalue weighted by Crippen LogP contribution is 2.60. The molecule has 0 saturated carbocycles. The van der Waals surface area contributed by atoms with E-state index in [0.29, 0.717) is 16.9 Å². The van der Waals surface area contributed by atoms with Crippen LogP contribution < -0.4 is 5.73 Å². The van der Waals surface area contributed by atoms with Crippen LogP contribution in [0.3, 0.4) is 0 Å². The lowest BCUT2D eigenvalue weighted by Gasteiger charge is -2.28. The number of ether oxygens (including phenoxy) is 2. The number of hydrogen-bond donors (Lipinski definition) is 4. The SMILES string of the molecule is Cc1ncnc2c1ncn2[C@@H]1O[C@@H]2CO[P@@](=O)(S)O[C@H]3[C@@H](F)[C@H](n4cnc5c(N)ncnc54)O[C@@H]3CO[P@@](=O)(S)O[C@H]2[C@H]1O. The van der Waals surface area contributed by atoms with Gasteiger partial charge in [-0.3, -0.25) is 27.2 Å². The van der Waals surface area contributed by atoms with E-state index in [4.69, 9.17) is 33.3 Å². The van der Waals surface area contributed by atoms with E-state index < -0.39 is 76.0 Å². The van der Waals surface area contributed by atoms with Gasteiger partial charge in [0.25, 0.3) is 0 Å². The third-order valence-electron chi connectivity index (χ3n) is 7.37. The molecule has 10 atom stereocenters. The Bertz CT molecular complexity index is 1710. The van der Waals surface area contributed by atoms with Crippen molar-refractivity contribution in [3.05, 3.63) is 31.0 Å². The van der Waals surface area contributed by atoms with Gasteiger partial charge in [0.15, 0.2) is 35.7 Å². The van der Waals surface area contributed by atoms with E-state index in [1.54, 1.807) is 6.92 Å². The van der Waals surface area contributed by atoms with E-state index in [1.807, 2.05) is 0 Å². The van der Waals surface area contributed by atoms with E-state index in [2.05, 4.69) is 54.4 Å². The molecule has 18 nitrogen and oxygen atoms in total. The molecule has 23 heteroatoms. The molecule has 4 aromatic rings. The minimum Gasteiger partial charge on any atom is -0.386 e. The van der Waals surface area contributed by atoms with E-state index in [1.165, 1.54) is 34.4 Å². The summed E-state index contributed by atoms with van der Waals surface area (Å²) in [6.45, 7) is -8.02. The van der Waals surface area contributed by atoms with Crippen molar-refractivity contribution in [1.82, 2.24) is 39.0 Å². The largest absolute Gasteiger partial charge is 0.386 e. The first kappa shape index (κ1) is 30.4. The van der Waals surface area contributed by atoms with Crippen LogP contribution >= 0.6 is 38.1 Å². The van der Waals surface area contributed by atoms with Crippen molar-refractivity contribution < 1.29 is 46.2 Å². The predicted octanol–water partition coefficient (Wildman–Crippen LogP) is 1.94. The number of nitrogens with zero attached hydrogens (tertiary/aromatic N) is 8. The topological polar surface area (TPSA) is 223 Å². The van der Waals surface area contributed by atoms with Gasteiger partial charge in [-0.25, -0.2) is 43.4 Å². The highest BCUT2D eigenvalue weighted by molar-refractivity contribution is 8.44. The molecule has 3 saturated heterocycles. The van der Waals surface area contributed by atoms with Gasteiger partial charge in [-0.15, -0.1) is 0 Å². The van der Waals surface area contributed by atoms with Crippen molar-refractivity contribution in [3.63, 3.8) is 0 Å². The molecule has 0 aliphatic carbocycles. The molecule has 3 aliphatic rings. The zero-order chi connectivity index (χ0) is 31.0. The third-order valence-corrected chi connectivity index (χ3v) is 10.6. The summed E-state index contributed by atoms with van der Waals surface area (Å²) in [6.07, 6.45) is -6.39. The smallest absolute Gasteiger partial charge is 0.386 e. The summed E-state index contributed by atoms with van der Waals surface area (Å²) in [5, 5.41) is 11.3. The van der Waals surface area contributed by atoms with Gasteiger partial charge in [-0.2, -0.15) is 0 Å². The van der Waals surface area contributed by atoms with Crippen LogP contribution in [0.25, 0.3) is 22.3 Å². The van der Waals surface area contributed by atoms with E-state index in [9.17, 15) is 14.2 Å². The number of nitrogens with two attached hydrogens (primary N) is 1. The minimum atomic E-state index is -4.33. The Hall–Kier alpha value is -2.29. The van der Waals surface area contributed by atoms with Crippen molar-refractivity contribution >= 4 is 66.2 Å². The number of aromatic nitrogens is 8. The molecule has 3 fully saturated rings. The Morgan fingerprint density at radius 3 is 2.11 bits per heavy atom. The average Bonchev–Trinajstić information content (AvgIpc) is 3.73. The van der Waals surface area contributed by atoms with Crippen LogP contribution in [0.4, 0.5) is 10.2 Å². The summed E-state index contributed by atoms with van der Waals surface area (Å²) in [6, 6.07) is 0. The molecule has 0 spiro atoms. The van der Waals surface area contributed by atoms with Crippen molar-refractivity contribution in [2.24, 2.45) is 0 Å². The molecular weight excluding hydrogens is 667 g/mol. The van der Waals surface area contributed by atoms with Gasteiger partial charge in [0.2, 0.25) is 0 Å². The molecule has 4 aromatic heterocycles. The number of imidazole rings is 2. The molecule has 0 bridgehead atoms. The van der Waals surface area contributed by atoms with Crippen LogP contribution in [0.15, 0.2) is 25.3 Å². The van der Waals surface area contributed by atoms with E-state index >= 15 is 4.39 Å². The van der Waals surface area contributed by atoms with Gasteiger partial charge >= 0.3 is 13.6 Å². The van der Waals surface area contributed by atoms with Gasteiger partial charge < -0.3 is 20.3 Å². The quantitative estimate of drug-likeness (QED) is 0.174. The van der Waals surface area contributed by atoms with Gasteiger partial charge in [-0.05, 0) is 6.92 Å². The van der Waals surface area contributed by atoms with Crippen LogP contribution in [0.5, 0.6) is 0 Å². The maximum absolute atomic E-state index is 16.0. The number of rotatable bonds is 2. The Balaban J connectivity index is 1.17. The summed E-state index contributed by atoms with van der Waals surface area (Å²) in [7, 11) is 0. The van der Waals surface area contributed by atoms with Crippen molar-refractivity contribution in [1.29, 1.82) is 0 Å². The Morgan fingerprint density at radius 1 is 0.864 bits per heavy atom. The zero-order valence-corrected chi connectivity index (χ0v) is 26.0. The lowest BCUT2D eigenvalue weighted by molar-refractivity contribution is -0.0555.